The lowest BCUT2D eigenvalue weighted by Gasteiger charge is -2.04. The van der Waals surface area contributed by atoms with Crippen LogP contribution in [0.4, 0.5) is 5.69 Å². The number of rotatable bonds is 4. The average molecular weight is 291 g/mol. The minimum absolute atomic E-state index is 0.0497. The molecule has 2 rings (SSSR count). The van der Waals surface area contributed by atoms with Gasteiger partial charge >= 0.3 is 0 Å². The summed E-state index contributed by atoms with van der Waals surface area (Å²) in [6.07, 6.45) is 1.71. The third-order valence-corrected chi connectivity index (χ3v) is 3.67. The highest BCUT2D eigenvalue weighted by molar-refractivity contribution is 7.11. The molecule has 0 spiro atoms. The molecule has 0 saturated heterocycles. The fourth-order valence-corrected chi connectivity index (χ4v) is 2.44. The number of carbonyl (C=O) groups is 1. The standard InChI is InChI=1S/C13H13N3O3S/c1-8-3-4-10(5-12(8)16(18)19)13(17)15-7-11-6-14-9(2)20-11/h3-6H,7H2,1-2H3,(H,15,17). The normalized spacial score (nSPS) is 10.3. The molecule has 0 atom stereocenters. The Morgan fingerprint density at radius 3 is 2.80 bits per heavy atom. The van der Waals surface area contributed by atoms with Gasteiger partial charge in [-0.15, -0.1) is 11.3 Å². The SMILES string of the molecule is Cc1ncc(CNC(=O)c2ccc(C)c([N+](=O)[O-])c2)s1. The van der Waals surface area contributed by atoms with Crippen molar-refractivity contribution < 1.29 is 9.72 Å². The molecule has 1 aromatic heterocycles. The first-order valence-corrected chi connectivity index (χ1v) is 6.73. The highest BCUT2D eigenvalue weighted by Crippen LogP contribution is 2.19. The van der Waals surface area contributed by atoms with Gasteiger partial charge in [0.2, 0.25) is 0 Å². The van der Waals surface area contributed by atoms with E-state index in [4.69, 9.17) is 0 Å². The van der Waals surface area contributed by atoms with E-state index in [9.17, 15) is 14.9 Å². The number of carbonyl (C=O) groups excluding carboxylic acids is 1. The number of nitrogens with one attached hydrogen (secondary N) is 1. The number of nitrogens with zero attached hydrogens (tertiary/aromatic N) is 2. The third kappa shape index (κ3) is 3.18. The van der Waals surface area contributed by atoms with Crippen molar-refractivity contribution in [3.05, 3.63) is 55.5 Å². The summed E-state index contributed by atoms with van der Waals surface area (Å²) in [5, 5.41) is 14.5. The van der Waals surface area contributed by atoms with Crippen LogP contribution in [0.15, 0.2) is 24.4 Å². The number of benzene rings is 1. The Bertz CT molecular complexity index is 667. The number of hydrogen-bond acceptors (Lipinski definition) is 5. The quantitative estimate of drug-likeness (QED) is 0.693. The lowest BCUT2D eigenvalue weighted by molar-refractivity contribution is -0.385. The first-order valence-electron chi connectivity index (χ1n) is 5.92. The predicted molar refractivity (Wildman–Crippen MR) is 75.9 cm³/mol. The van der Waals surface area contributed by atoms with Crippen molar-refractivity contribution >= 4 is 22.9 Å². The molecule has 7 heteroatoms. The molecule has 0 fully saturated rings. The minimum Gasteiger partial charge on any atom is -0.347 e. The zero-order valence-corrected chi connectivity index (χ0v) is 11.9. The molecule has 1 aromatic carbocycles. The van der Waals surface area contributed by atoms with Crippen molar-refractivity contribution in [2.75, 3.05) is 0 Å². The first-order chi connectivity index (χ1) is 9.47. The fraction of sp³-hybridized carbons (Fsp3) is 0.231. The van der Waals surface area contributed by atoms with Crippen LogP contribution in [0.3, 0.4) is 0 Å². The molecular weight excluding hydrogens is 278 g/mol. The second-order valence-corrected chi connectivity index (χ2v) is 5.61. The Kier molecular flexibility index (Phi) is 4.09. The van der Waals surface area contributed by atoms with E-state index in [0.29, 0.717) is 12.1 Å². The van der Waals surface area contributed by atoms with E-state index in [1.165, 1.54) is 17.4 Å². The van der Waals surface area contributed by atoms with Crippen LogP contribution in [0, 0.1) is 24.0 Å². The van der Waals surface area contributed by atoms with Crippen molar-refractivity contribution in [1.29, 1.82) is 0 Å². The summed E-state index contributed by atoms with van der Waals surface area (Å²) in [4.78, 5) is 27.4. The highest BCUT2D eigenvalue weighted by atomic mass is 32.1. The zero-order chi connectivity index (χ0) is 14.7. The molecule has 0 aliphatic rings. The van der Waals surface area contributed by atoms with Crippen LogP contribution in [0.2, 0.25) is 0 Å². The molecule has 1 heterocycles. The van der Waals surface area contributed by atoms with Crippen LogP contribution >= 0.6 is 11.3 Å². The first kappa shape index (κ1) is 14.1. The molecule has 0 radical (unpaired) electrons. The minimum atomic E-state index is -0.487. The fourth-order valence-electron chi connectivity index (χ4n) is 1.70. The Morgan fingerprint density at radius 1 is 1.45 bits per heavy atom. The van der Waals surface area contributed by atoms with E-state index in [1.807, 2.05) is 6.92 Å². The summed E-state index contributed by atoms with van der Waals surface area (Å²) >= 11 is 1.50. The lowest BCUT2D eigenvalue weighted by atomic mass is 10.1. The van der Waals surface area contributed by atoms with Gasteiger partial charge in [0.05, 0.1) is 16.5 Å². The van der Waals surface area contributed by atoms with Crippen molar-refractivity contribution in [2.45, 2.75) is 20.4 Å². The smallest absolute Gasteiger partial charge is 0.273 e. The second kappa shape index (κ2) is 5.79. The maximum atomic E-state index is 12.0. The number of nitro benzene ring substituents is 1. The Balaban J connectivity index is 2.09. The van der Waals surface area contributed by atoms with Gasteiger partial charge in [-0.25, -0.2) is 4.98 Å². The molecule has 0 bridgehead atoms. The highest BCUT2D eigenvalue weighted by Gasteiger charge is 2.14. The molecule has 20 heavy (non-hydrogen) atoms. The maximum Gasteiger partial charge on any atom is 0.273 e. The molecule has 1 amide bonds. The number of aromatic nitrogens is 1. The maximum absolute atomic E-state index is 12.0. The van der Waals surface area contributed by atoms with Crippen molar-refractivity contribution in [2.24, 2.45) is 0 Å². The van der Waals surface area contributed by atoms with Gasteiger partial charge < -0.3 is 5.32 Å². The number of amides is 1. The molecule has 104 valence electrons. The molecule has 1 N–H and O–H groups in total. The van der Waals surface area contributed by atoms with Crippen LogP contribution in [0.5, 0.6) is 0 Å². The van der Waals surface area contributed by atoms with Gasteiger partial charge in [-0.05, 0) is 19.9 Å². The average Bonchev–Trinajstić information content (AvgIpc) is 2.82. The summed E-state index contributed by atoms with van der Waals surface area (Å²) in [7, 11) is 0. The summed E-state index contributed by atoms with van der Waals surface area (Å²) in [6.45, 7) is 3.89. The van der Waals surface area contributed by atoms with Crippen LogP contribution < -0.4 is 5.32 Å². The molecule has 2 aromatic rings. The Morgan fingerprint density at radius 2 is 2.20 bits per heavy atom. The monoisotopic (exact) mass is 291 g/mol. The molecule has 0 aliphatic carbocycles. The second-order valence-electron chi connectivity index (χ2n) is 4.29. The molecule has 6 nitrogen and oxygen atoms in total. The molecular formula is C13H13N3O3S. The lowest BCUT2D eigenvalue weighted by Crippen LogP contribution is -2.22. The van der Waals surface area contributed by atoms with Crippen molar-refractivity contribution in [3.8, 4) is 0 Å². The predicted octanol–water partition coefficient (Wildman–Crippen LogP) is 2.60. The molecule has 0 aliphatic heterocycles. The van der Waals surface area contributed by atoms with Crippen LogP contribution in [-0.4, -0.2) is 15.8 Å². The zero-order valence-electron chi connectivity index (χ0n) is 11.0. The number of thiazole rings is 1. The molecule has 0 saturated carbocycles. The van der Waals surface area contributed by atoms with Gasteiger partial charge in [-0.1, -0.05) is 6.07 Å². The van der Waals surface area contributed by atoms with E-state index in [2.05, 4.69) is 10.3 Å². The van der Waals surface area contributed by atoms with Gasteiger partial charge in [-0.2, -0.15) is 0 Å². The van der Waals surface area contributed by atoms with Crippen molar-refractivity contribution in [1.82, 2.24) is 10.3 Å². The van der Waals surface area contributed by atoms with Crippen molar-refractivity contribution in [3.63, 3.8) is 0 Å². The van der Waals surface area contributed by atoms with E-state index in [0.717, 1.165) is 9.88 Å². The Labute approximate surface area is 119 Å². The summed E-state index contributed by atoms with van der Waals surface area (Å²) < 4.78 is 0. The number of aryl methyl sites for hydroxylation is 2. The number of nitro groups is 1. The summed E-state index contributed by atoms with van der Waals surface area (Å²) in [5.74, 6) is -0.334. The summed E-state index contributed by atoms with van der Waals surface area (Å²) in [5.41, 5.74) is 0.763. The number of hydrogen-bond donors (Lipinski definition) is 1. The van der Waals surface area contributed by atoms with Gasteiger partial charge in [0.25, 0.3) is 11.6 Å². The van der Waals surface area contributed by atoms with Gasteiger partial charge in [0.1, 0.15) is 0 Å². The Hall–Kier alpha value is -2.28. The van der Waals surface area contributed by atoms with Crippen LogP contribution in [-0.2, 0) is 6.54 Å². The van der Waals surface area contributed by atoms with Gasteiger partial charge in [0.15, 0.2) is 0 Å². The van der Waals surface area contributed by atoms with E-state index < -0.39 is 4.92 Å². The summed E-state index contributed by atoms with van der Waals surface area (Å²) in [6, 6.07) is 4.45. The third-order valence-electron chi connectivity index (χ3n) is 2.76. The molecule has 0 unspecified atom stereocenters. The van der Waals surface area contributed by atoms with Crippen LogP contribution in [0.1, 0.15) is 25.8 Å². The van der Waals surface area contributed by atoms with Gasteiger partial charge in [-0.3, -0.25) is 14.9 Å². The van der Waals surface area contributed by atoms with Gasteiger partial charge in [0, 0.05) is 28.3 Å². The topological polar surface area (TPSA) is 85.1 Å². The van der Waals surface area contributed by atoms with E-state index >= 15 is 0 Å². The van der Waals surface area contributed by atoms with Crippen LogP contribution in [0.25, 0.3) is 0 Å². The van der Waals surface area contributed by atoms with E-state index in [-0.39, 0.29) is 17.2 Å². The largest absolute Gasteiger partial charge is 0.347 e. The van der Waals surface area contributed by atoms with E-state index in [1.54, 1.807) is 25.3 Å².